The fourth-order valence-corrected chi connectivity index (χ4v) is 2.80. The maximum absolute atomic E-state index is 11.4. The highest BCUT2D eigenvalue weighted by molar-refractivity contribution is 6.31. The van der Waals surface area contributed by atoms with Gasteiger partial charge in [-0.15, -0.1) is 0 Å². The third-order valence-corrected chi connectivity index (χ3v) is 3.76. The van der Waals surface area contributed by atoms with Crippen LogP contribution in [-0.2, 0) is 9.59 Å². The van der Waals surface area contributed by atoms with Crippen molar-refractivity contribution in [3.8, 4) is 0 Å². The first-order valence-corrected chi connectivity index (χ1v) is 6.58. The Hall–Kier alpha value is -2.27. The number of aliphatic carboxylic acids is 2. The number of hydrogen-bond acceptors (Lipinski definition) is 5. The topological polar surface area (TPSA) is 92.3 Å². The fourth-order valence-electron chi connectivity index (χ4n) is 2.56. The van der Waals surface area contributed by atoms with E-state index in [9.17, 15) is 19.8 Å². The highest BCUT2D eigenvalue weighted by atomic mass is 35.5. The summed E-state index contributed by atoms with van der Waals surface area (Å²) in [6.07, 6.45) is 0. The number of halogens is 1. The van der Waals surface area contributed by atoms with E-state index in [1.165, 1.54) is 0 Å². The Morgan fingerprint density at radius 2 is 1.52 bits per heavy atom. The number of carbonyl (C=O) groups excluding carboxylic acids is 2. The Morgan fingerprint density at radius 1 is 1.05 bits per heavy atom. The Morgan fingerprint density at radius 3 is 1.95 bits per heavy atom. The normalized spacial score (nSPS) is 16.0. The summed E-state index contributed by atoms with van der Waals surface area (Å²) in [6, 6.07) is 6.50. The highest BCUT2D eigenvalue weighted by Gasteiger charge is 2.31. The third kappa shape index (κ3) is 2.64. The molecule has 0 saturated heterocycles. The Bertz CT molecular complexity index is 655. The van der Waals surface area contributed by atoms with Gasteiger partial charge in [0.1, 0.15) is 0 Å². The van der Waals surface area contributed by atoms with Crippen LogP contribution in [0.15, 0.2) is 46.8 Å². The molecule has 0 amide bonds. The molecular weight excluding hydrogens is 294 g/mol. The van der Waals surface area contributed by atoms with E-state index in [0.29, 0.717) is 17.0 Å². The van der Waals surface area contributed by atoms with Crippen LogP contribution in [0, 0.1) is 0 Å². The summed E-state index contributed by atoms with van der Waals surface area (Å²) in [6.45, 7) is 3.09. The van der Waals surface area contributed by atoms with Gasteiger partial charge in [0.25, 0.3) is 0 Å². The first-order valence-electron chi connectivity index (χ1n) is 6.20. The lowest BCUT2D eigenvalue weighted by Gasteiger charge is -2.34. The van der Waals surface area contributed by atoms with Gasteiger partial charge in [0.2, 0.25) is 0 Å². The van der Waals surface area contributed by atoms with Gasteiger partial charge in [-0.3, -0.25) is 0 Å². The molecule has 0 aromatic heterocycles. The average Bonchev–Trinajstić information content (AvgIpc) is 2.37. The Balaban J connectivity index is 2.74. The quantitative estimate of drug-likeness (QED) is 0.853. The Labute approximate surface area is 126 Å². The second-order valence-corrected chi connectivity index (χ2v) is 5.14. The molecule has 0 unspecified atom stereocenters. The Kier molecular flexibility index (Phi) is 4.04. The number of benzene rings is 1. The van der Waals surface area contributed by atoms with E-state index in [0.717, 1.165) is 0 Å². The molecule has 0 spiro atoms. The smallest absolute Gasteiger partial charge is 0.0701 e. The second-order valence-electron chi connectivity index (χ2n) is 4.73. The minimum atomic E-state index is -1.45. The van der Waals surface area contributed by atoms with Crippen LogP contribution in [-0.4, -0.2) is 11.9 Å². The van der Waals surface area contributed by atoms with Crippen LogP contribution in [0.3, 0.4) is 0 Å². The molecule has 1 aromatic carbocycles. The molecule has 5 nitrogen and oxygen atoms in total. The number of allylic oxidation sites excluding steroid dienone is 2. The minimum absolute atomic E-state index is 0.159. The third-order valence-electron chi connectivity index (χ3n) is 3.42. The molecule has 21 heavy (non-hydrogen) atoms. The van der Waals surface area contributed by atoms with Crippen LogP contribution in [0.2, 0.25) is 5.02 Å². The number of rotatable bonds is 3. The van der Waals surface area contributed by atoms with E-state index in [1.807, 2.05) is 0 Å². The summed E-state index contributed by atoms with van der Waals surface area (Å²) < 4.78 is 0. The first-order chi connectivity index (χ1) is 9.84. The summed E-state index contributed by atoms with van der Waals surface area (Å²) in [5.41, 5.74) is 0.711. The average molecular weight is 306 g/mol. The zero-order valence-electron chi connectivity index (χ0n) is 11.4. The van der Waals surface area contributed by atoms with Gasteiger partial charge in [0, 0.05) is 33.5 Å². The summed E-state index contributed by atoms with van der Waals surface area (Å²) in [4.78, 5) is 22.9. The van der Waals surface area contributed by atoms with Gasteiger partial charge >= 0.3 is 0 Å². The standard InChI is InChI=1S/C15H14ClNO4/c1-7-11(14(18)19)13(9-5-3-4-6-10(9)16)12(15(20)21)8(2)17-7/h3-6,13,17H,1-2H3,(H,18,19)(H,20,21)/p-2. The van der Waals surface area contributed by atoms with Crippen LogP contribution in [0.4, 0.5) is 0 Å². The van der Waals surface area contributed by atoms with Crippen LogP contribution >= 0.6 is 11.6 Å². The summed E-state index contributed by atoms with van der Waals surface area (Å²) in [5.74, 6) is -3.93. The van der Waals surface area contributed by atoms with Crippen LogP contribution in [0.5, 0.6) is 0 Å². The van der Waals surface area contributed by atoms with E-state index in [1.54, 1.807) is 38.1 Å². The van der Waals surface area contributed by atoms with Crippen molar-refractivity contribution < 1.29 is 19.8 Å². The van der Waals surface area contributed by atoms with Crippen LogP contribution < -0.4 is 15.5 Å². The van der Waals surface area contributed by atoms with Crippen molar-refractivity contribution in [2.24, 2.45) is 0 Å². The zero-order chi connectivity index (χ0) is 15.7. The lowest BCUT2D eigenvalue weighted by atomic mass is 9.80. The minimum Gasteiger partial charge on any atom is -0.545 e. The zero-order valence-corrected chi connectivity index (χ0v) is 12.2. The van der Waals surface area contributed by atoms with Gasteiger partial charge in [-0.25, -0.2) is 0 Å². The van der Waals surface area contributed by atoms with Crippen molar-refractivity contribution in [3.63, 3.8) is 0 Å². The van der Waals surface area contributed by atoms with Gasteiger partial charge in [0.05, 0.1) is 11.9 Å². The molecule has 1 aliphatic heterocycles. The van der Waals surface area contributed by atoms with Gasteiger partial charge in [-0.1, -0.05) is 29.8 Å². The largest absolute Gasteiger partial charge is 0.545 e. The lowest BCUT2D eigenvalue weighted by molar-refractivity contribution is -0.300. The number of carboxylic acids is 2. The predicted octanol–water partition coefficient (Wildman–Crippen LogP) is 0.0746. The summed E-state index contributed by atoms with van der Waals surface area (Å²) in [7, 11) is 0. The van der Waals surface area contributed by atoms with E-state index < -0.39 is 17.9 Å². The first kappa shape index (κ1) is 15.1. The number of dihydropyridines is 1. The molecule has 0 radical (unpaired) electrons. The molecule has 0 aliphatic carbocycles. The molecule has 0 bridgehead atoms. The highest BCUT2D eigenvalue weighted by Crippen LogP contribution is 2.40. The molecule has 1 aromatic rings. The van der Waals surface area contributed by atoms with E-state index >= 15 is 0 Å². The van der Waals surface area contributed by atoms with Crippen LogP contribution in [0.1, 0.15) is 25.3 Å². The van der Waals surface area contributed by atoms with Crippen molar-refractivity contribution in [1.82, 2.24) is 5.32 Å². The molecule has 0 atom stereocenters. The summed E-state index contributed by atoms with van der Waals surface area (Å²) in [5, 5.41) is 25.9. The molecule has 1 aliphatic rings. The van der Waals surface area contributed by atoms with Gasteiger partial charge in [-0.2, -0.15) is 0 Å². The number of nitrogens with one attached hydrogen (secondary N) is 1. The number of hydrogen-bond donors (Lipinski definition) is 1. The van der Waals surface area contributed by atoms with Crippen molar-refractivity contribution in [2.75, 3.05) is 0 Å². The molecular formula is C15H12ClNO4-2. The number of carboxylic acid groups (broad SMARTS) is 2. The maximum atomic E-state index is 11.4. The van der Waals surface area contributed by atoms with Gasteiger partial charge in [-0.05, 0) is 25.5 Å². The van der Waals surface area contributed by atoms with E-state index in [4.69, 9.17) is 11.6 Å². The fraction of sp³-hybridized carbons (Fsp3) is 0.200. The van der Waals surface area contributed by atoms with Crippen molar-refractivity contribution in [1.29, 1.82) is 0 Å². The summed E-state index contributed by atoms with van der Waals surface area (Å²) >= 11 is 6.10. The lowest BCUT2D eigenvalue weighted by Crippen LogP contribution is -2.40. The van der Waals surface area contributed by atoms with Gasteiger partial charge < -0.3 is 25.1 Å². The molecule has 1 N–H and O–H groups in total. The van der Waals surface area contributed by atoms with Gasteiger partial charge in [0.15, 0.2) is 0 Å². The van der Waals surface area contributed by atoms with Crippen molar-refractivity contribution in [3.05, 3.63) is 57.4 Å². The van der Waals surface area contributed by atoms with E-state index in [2.05, 4.69) is 5.32 Å². The molecule has 1 heterocycles. The predicted molar refractivity (Wildman–Crippen MR) is 72.7 cm³/mol. The van der Waals surface area contributed by atoms with Crippen molar-refractivity contribution in [2.45, 2.75) is 19.8 Å². The van der Waals surface area contributed by atoms with Crippen molar-refractivity contribution >= 4 is 23.5 Å². The molecule has 6 heteroatoms. The maximum Gasteiger partial charge on any atom is 0.0701 e. The monoisotopic (exact) mass is 305 g/mol. The number of carbonyl (C=O) groups is 2. The van der Waals surface area contributed by atoms with Crippen LogP contribution in [0.25, 0.3) is 0 Å². The molecule has 2 rings (SSSR count). The molecule has 110 valence electrons. The molecule has 0 fully saturated rings. The molecule has 0 saturated carbocycles. The second kappa shape index (κ2) is 5.61. The van der Waals surface area contributed by atoms with E-state index in [-0.39, 0.29) is 16.2 Å². The SMILES string of the molecule is CC1=C(C(=O)[O-])C(c2ccccc2Cl)C(C(=O)[O-])=C(C)N1.